The minimum atomic E-state index is -3.75. The number of methoxy groups -OCH3 is 2. The number of ether oxygens (including phenoxy) is 2. The Morgan fingerprint density at radius 2 is 1.71 bits per heavy atom. The minimum absolute atomic E-state index is 0.0851. The van der Waals surface area contributed by atoms with Gasteiger partial charge in [0.2, 0.25) is 0 Å². The summed E-state index contributed by atoms with van der Waals surface area (Å²) in [6.07, 6.45) is 10.7. The number of hydrogen-bond acceptors (Lipinski definition) is 6. The van der Waals surface area contributed by atoms with E-state index >= 15 is 0 Å². The monoisotopic (exact) mass is 440 g/mol. The molecule has 31 heavy (non-hydrogen) atoms. The molecule has 0 aromatic heterocycles. The summed E-state index contributed by atoms with van der Waals surface area (Å²) in [6, 6.07) is 8.03. The molecule has 2 aliphatic carbocycles. The van der Waals surface area contributed by atoms with Crippen LogP contribution in [0.15, 0.2) is 94.0 Å². The Balaban J connectivity index is 2.23. The molecular formula is C24H24O6S. The maximum absolute atomic E-state index is 13.1. The summed E-state index contributed by atoms with van der Waals surface area (Å²) < 4.78 is 36.3. The van der Waals surface area contributed by atoms with Crippen molar-refractivity contribution in [3.05, 3.63) is 89.1 Å². The van der Waals surface area contributed by atoms with Gasteiger partial charge in [-0.15, -0.1) is 0 Å². The number of fused-ring (bicyclic) bond motifs is 1. The number of allylic oxidation sites excluding steroid dienone is 9. The molecular weight excluding hydrogens is 416 g/mol. The lowest BCUT2D eigenvalue weighted by Crippen LogP contribution is -2.34. The first-order valence-electron chi connectivity index (χ1n) is 9.72. The molecule has 2 aliphatic rings. The molecule has 1 aromatic rings. The summed E-state index contributed by atoms with van der Waals surface area (Å²) in [7, 11) is -1.30. The molecule has 0 amide bonds. The summed E-state index contributed by atoms with van der Waals surface area (Å²) >= 11 is 0. The predicted molar refractivity (Wildman–Crippen MR) is 117 cm³/mol. The topological polar surface area (TPSA) is 86.7 Å². The van der Waals surface area contributed by atoms with Crippen molar-refractivity contribution < 1.29 is 27.5 Å². The molecule has 0 aliphatic heterocycles. The van der Waals surface area contributed by atoms with E-state index in [0.717, 1.165) is 11.1 Å². The van der Waals surface area contributed by atoms with Crippen molar-refractivity contribution in [3.8, 4) is 0 Å². The molecule has 0 bridgehead atoms. The van der Waals surface area contributed by atoms with Crippen molar-refractivity contribution in [3.63, 3.8) is 0 Å². The molecule has 162 valence electrons. The predicted octanol–water partition coefficient (Wildman–Crippen LogP) is 3.35. The van der Waals surface area contributed by atoms with Crippen molar-refractivity contribution in [2.24, 2.45) is 11.8 Å². The van der Waals surface area contributed by atoms with Gasteiger partial charge >= 0.3 is 11.9 Å². The lowest BCUT2D eigenvalue weighted by atomic mass is 9.84. The van der Waals surface area contributed by atoms with Gasteiger partial charge in [-0.2, -0.15) is 0 Å². The van der Waals surface area contributed by atoms with Crippen LogP contribution >= 0.6 is 0 Å². The summed E-state index contributed by atoms with van der Waals surface area (Å²) in [5.74, 6) is -3.74. The van der Waals surface area contributed by atoms with Gasteiger partial charge in [0.05, 0.1) is 36.4 Å². The molecule has 2 atom stereocenters. The van der Waals surface area contributed by atoms with Gasteiger partial charge in [0.1, 0.15) is 0 Å². The second-order valence-corrected chi connectivity index (χ2v) is 9.29. The van der Waals surface area contributed by atoms with Gasteiger partial charge in [-0.1, -0.05) is 54.7 Å². The van der Waals surface area contributed by atoms with E-state index in [-0.39, 0.29) is 16.2 Å². The average molecular weight is 441 g/mol. The summed E-state index contributed by atoms with van der Waals surface area (Å²) in [5.41, 5.74) is 2.08. The Labute approximate surface area is 182 Å². The van der Waals surface area contributed by atoms with Gasteiger partial charge in [0.15, 0.2) is 9.84 Å². The number of carbonyl (C=O) groups is 2. The Morgan fingerprint density at radius 3 is 2.35 bits per heavy atom. The van der Waals surface area contributed by atoms with E-state index in [9.17, 15) is 18.0 Å². The van der Waals surface area contributed by atoms with Crippen LogP contribution in [-0.4, -0.2) is 40.3 Å². The summed E-state index contributed by atoms with van der Waals surface area (Å²) in [6.45, 7) is 1.83. The molecule has 0 radical (unpaired) electrons. The van der Waals surface area contributed by atoms with Gasteiger partial charge in [-0.25, -0.2) is 13.2 Å². The second kappa shape index (κ2) is 9.31. The third-order valence-corrected chi connectivity index (χ3v) is 7.15. The molecule has 0 spiro atoms. The molecule has 1 aromatic carbocycles. The van der Waals surface area contributed by atoms with Crippen LogP contribution in [0.1, 0.15) is 6.92 Å². The molecule has 6 nitrogen and oxygen atoms in total. The van der Waals surface area contributed by atoms with Crippen LogP contribution in [0.4, 0.5) is 0 Å². The standard InChI is InChI=1S/C24H24O6S/c1-16-14-17(15-31(27,28)18-10-6-4-7-11-18)21(23(25)29-2)22(24(26)30-3)20-13-9-5-8-12-19(16)20/h4-14,17,21H,15H2,1-3H3/t17-,21+/m0/s1. The summed E-state index contributed by atoms with van der Waals surface area (Å²) in [4.78, 5) is 25.9. The third-order valence-electron chi connectivity index (χ3n) is 5.33. The van der Waals surface area contributed by atoms with Crippen LogP contribution < -0.4 is 0 Å². The van der Waals surface area contributed by atoms with Gasteiger partial charge < -0.3 is 9.47 Å². The smallest absolute Gasteiger partial charge is 0.335 e. The van der Waals surface area contributed by atoms with Crippen molar-refractivity contribution in [2.75, 3.05) is 20.0 Å². The first kappa shape index (κ1) is 22.5. The van der Waals surface area contributed by atoms with E-state index in [0.29, 0.717) is 5.57 Å². The second-order valence-electron chi connectivity index (χ2n) is 7.25. The zero-order valence-corrected chi connectivity index (χ0v) is 18.4. The first-order chi connectivity index (χ1) is 14.8. The van der Waals surface area contributed by atoms with E-state index in [2.05, 4.69) is 0 Å². The molecule has 7 heteroatoms. The van der Waals surface area contributed by atoms with Crippen LogP contribution in [0.3, 0.4) is 0 Å². The fraction of sp³-hybridized carbons (Fsp3) is 0.250. The van der Waals surface area contributed by atoms with Gasteiger partial charge in [-0.3, -0.25) is 4.79 Å². The van der Waals surface area contributed by atoms with Crippen molar-refractivity contribution in [2.45, 2.75) is 11.8 Å². The molecule has 0 saturated carbocycles. The lowest BCUT2D eigenvalue weighted by Gasteiger charge is -2.24. The van der Waals surface area contributed by atoms with E-state index < -0.39 is 33.6 Å². The quantitative estimate of drug-likeness (QED) is 0.653. The highest BCUT2D eigenvalue weighted by molar-refractivity contribution is 7.91. The fourth-order valence-corrected chi connectivity index (χ4v) is 5.46. The van der Waals surface area contributed by atoms with Crippen molar-refractivity contribution in [1.29, 1.82) is 0 Å². The largest absolute Gasteiger partial charge is 0.469 e. The normalized spacial score (nSPS) is 20.7. The molecule has 0 fully saturated rings. The highest BCUT2D eigenvalue weighted by atomic mass is 32.2. The van der Waals surface area contributed by atoms with Crippen LogP contribution in [0, 0.1) is 11.8 Å². The lowest BCUT2D eigenvalue weighted by molar-refractivity contribution is -0.148. The Hall–Kier alpha value is -3.19. The number of benzene rings is 1. The SMILES string of the molecule is COC(=O)C1=C2C=CC=CC=C2C(C)=C[C@@H](CS(=O)(=O)c2ccccc2)[C@H]1C(=O)OC. The number of carbonyl (C=O) groups excluding carboxylic acids is 2. The first-order valence-corrected chi connectivity index (χ1v) is 11.4. The van der Waals surface area contributed by atoms with Crippen LogP contribution in [0.5, 0.6) is 0 Å². The Morgan fingerprint density at radius 1 is 1.00 bits per heavy atom. The van der Waals surface area contributed by atoms with Crippen LogP contribution in [0.2, 0.25) is 0 Å². The molecule has 3 rings (SSSR count). The maximum atomic E-state index is 13.1. The van der Waals surface area contributed by atoms with Gasteiger partial charge in [0, 0.05) is 5.92 Å². The highest BCUT2D eigenvalue weighted by Crippen LogP contribution is 2.39. The van der Waals surface area contributed by atoms with Crippen molar-refractivity contribution >= 4 is 21.8 Å². The number of rotatable bonds is 5. The fourth-order valence-electron chi connectivity index (χ4n) is 3.90. The van der Waals surface area contributed by atoms with Gasteiger partial charge in [0.25, 0.3) is 0 Å². The Kier molecular flexibility index (Phi) is 6.75. The average Bonchev–Trinajstić information content (AvgIpc) is 3.07. The molecule has 0 saturated heterocycles. The molecule has 0 heterocycles. The van der Waals surface area contributed by atoms with Crippen LogP contribution in [0.25, 0.3) is 0 Å². The third kappa shape index (κ3) is 4.61. The van der Waals surface area contributed by atoms with E-state index in [1.54, 1.807) is 42.5 Å². The van der Waals surface area contributed by atoms with Crippen molar-refractivity contribution in [1.82, 2.24) is 0 Å². The van der Waals surface area contributed by atoms with E-state index in [1.807, 2.05) is 19.1 Å². The van der Waals surface area contributed by atoms with E-state index in [1.165, 1.54) is 26.4 Å². The highest BCUT2D eigenvalue weighted by Gasteiger charge is 2.41. The zero-order chi connectivity index (χ0) is 22.6. The number of hydrogen-bond donors (Lipinski definition) is 0. The number of sulfone groups is 1. The minimum Gasteiger partial charge on any atom is -0.469 e. The Bertz CT molecular complexity index is 1130. The molecule has 0 unspecified atom stereocenters. The van der Waals surface area contributed by atoms with Crippen LogP contribution in [-0.2, 0) is 28.9 Å². The number of esters is 2. The molecule has 0 N–H and O–H groups in total. The maximum Gasteiger partial charge on any atom is 0.335 e. The van der Waals surface area contributed by atoms with E-state index in [4.69, 9.17) is 9.47 Å². The summed E-state index contributed by atoms with van der Waals surface area (Å²) in [5, 5.41) is 0. The van der Waals surface area contributed by atoms with Gasteiger partial charge in [-0.05, 0) is 35.8 Å². The zero-order valence-electron chi connectivity index (χ0n) is 17.6.